The molecule has 0 fully saturated rings. The number of benzene rings is 2. The number of aromatic nitrogens is 2. The third-order valence-electron chi connectivity index (χ3n) is 5.00. The fourth-order valence-electron chi connectivity index (χ4n) is 3.51. The van der Waals surface area contributed by atoms with Gasteiger partial charge in [-0.05, 0) is 59.1 Å². The minimum absolute atomic E-state index is 0.100. The quantitative estimate of drug-likeness (QED) is 0.358. The van der Waals surface area contributed by atoms with E-state index < -0.39 is 0 Å². The maximum atomic E-state index is 13.6. The maximum Gasteiger partial charge on any atom is 0.254 e. The van der Waals surface area contributed by atoms with Crippen LogP contribution in [0.15, 0.2) is 46.9 Å². The van der Waals surface area contributed by atoms with Gasteiger partial charge in [0, 0.05) is 18.7 Å². The van der Waals surface area contributed by atoms with E-state index in [0.29, 0.717) is 23.1 Å². The first-order valence-corrected chi connectivity index (χ1v) is 11.0. The summed E-state index contributed by atoms with van der Waals surface area (Å²) in [6.45, 7) is 6.22. The van der Waals surface area contributed by atoms with E-state index in [1.807, 2.05) is 23.1 Å². The van der Waals surface area contributed by atoms with Crippen molar-refractivity contribution in [2.24, 2.45) is 0 Å². The SMILES string of the molecule is CCCCCN(Cc1nc2ccccc2n1CCC)C(=O)c1ccc(F)c(Br)c1. The molecule has 0 N–H and O–H groups in total. The Balaban J connectivity index is 1.93. The first-order chi connectivity index (χ1) is 14.0. The van der Waals surface area contributed by atoms with E-state index in [9.17, 15) is 9.18 Å². The predicted molar refractivity (Wildman–Crippen MR) is 118 cm³/mol. The standard InChI is InChI=1S/C23H27BrFN3O/c1-3-5-8-14-27(23(29)17-11-12-19(25)18(24)15-17)16-22-26-20-9-6-7-10-21(20)28(22)13-4-2/h6-7,9-12,15H,3-5,8,13-14,16H2,1-2H3. The molecule has 0 aliphatic rings. The number of carbonyl (C=O) groups is 1. The van der Waals surface area contributed by atoms with Gasteiger partial charge in [-0.3, -0.25) is 4.79 Å². The molecule has 29 heavy (non-hydrogen) atoms. The summed E-state index contributed by atoms with van der Waals surface area (Å²) in [7, 11) is 0. The van der Waals surface area contributed by atoms with Crippen molar-refractivity contribution in [3.8, 4) is 0 Å². The van der Waals surface area contributed by atoms with Crippen molar-refractivity contribution in [3.05, 3.63) is 64.1 Å². The van der Waals surface area contributed by atoms with E-state index in [-0.39, 0.29) is 11.7 Å². The van der Waals surface area contributed by atoms with Gasteiger partial charge in [-0.15, -0.1) is 0 Å². The molecule has 0 aliphatic carbocycles. The van der Waals surface area contributed by atoms with Gasteiger partial charge in [-0.25, -0.2) is 9.37 Å². The lowest BCUT2D eigenvalue weighted by atomic mass is 10.1. The Morgan fingerprint density at radius 3 is 2.66 bits per heavy atom. The molecule has 1 aromatic heterocycles. The van der Waals surface area contributed by atoms with Crippen molar-refractivity contribution in [3.63, 3.8) is 0 Å². The van der Waals surface area contributed by atoms with Crippen LogP contribution in [0, 0.1) is 5.82 Å². The van der Waals surface area contributed by atoms with Crippen LogP contribution in [0.5, 0.6) is 0 Å². The zero-order valence-corrected chi connectivity index (χ0v) is 18.6. The molecule has 0 radical (unpaired) electrons. The van der Waals surface area contributed by atoms with Gasteiger partial charge in [-0.2, -0.15) is 0 Å². The second kappa shape index (κ2) is 10.0. The van der Waals surface area contributed by atoms with Crippen molar-refractivity contribution < 1.29 is 9.18 Å². The van der Waals surface area contributed by atoms with Crippen molar-refractivity contribution >= 4 is 32.9 Å². The summed E-state index contributed by atoms with van der Waals surface area (Å²) in [5.41, 5.74) is 2.52. The van der Waals surface area contributed by atoms with Gasteiger partial charge in [0.25, 0.3) is 5.91 Å². The van der Waals surface area contributed by atoms with Crippen LogP contribution in [0.3, 0.4) is 0 Å². The second-order valence-corrected chi connectivity index (χ2v) is 8.09. The lowest BCUT2D eigenvalue weighted by molar-refractivity contribution is 0.0734. The van der Waals surface area contributed by atoms with Crippen molar-refractivity contribution in [2.75, 3.05) is 6.54 Å². The highest BCUT2D eigenvalue weighted by atomic mass is 79.9. The minimum Gasteiger partial charge on any atom is -0.331 e. The molecule has 1 heterocycles. The minimum atomic E-state index is -0.371. The van der Waals surface area contributed by atoms with Crippen LogP contribution >= 0.6 is 15.9 Å². The van der Waals surface area contributed by atoms with E-state index in [4.69, 9.17) is 4.98 Å². The average Bonchev–Trinajstić information content (AvgIpc) is 3.06. The normalized spacial score (nSPS) is 11.2. The highest BCUT2D eigenvalue weighted by molar-refractivity contribution is 9.10. The molecule has 0 atom stereocenters. The Morgan fingerprint density at radius 1 is 1.14 bits per heavy atom. The number of amides is 1. The predicted octanol–water partition coefficient (Wildman–Crippen LogP) is 6.18. The van der Waals surface area contributed by atoms with Gasteiger partial charge in [0.1, 0.15) is 11.6 Å². The van der Waals surface area contributed by atoms with Gasteiger partial charge in [0.2, 0.25) is 0 Å². The highest BCUT2D eigenvalue weighted by Crippen LogP contribution is 2.21. The topological polar surface area (TPSA) is 38.1 Å². The van der Waals surface area contributed by atoms with E-state index in [2.05, 4.69) is 40.4 Å². The molecule has 0 saturated carbocycles. The Kier molecular flexibility index (Phi) is 7.42. The molecule has 6 heteroatoms. The van der Waals surface area contributed by atoms with E-state index in [0.717, 1.165) is 49.1 Å². The number of aryl methyl sites for hydroxylation is 1. The lowest BCUT2D eigenvalue weighted by Crippen LogP contribution is -2.32. The van der Waals surface area contributed by atoms with Crippen molar-refractivity contribution in [2.45, 2.75) is 52.6 Å². The zero-order chi connectivity index (χ0) is 20.8. The number of nitrogens with zero attached hydrogens (tertiary/aromatic N) is 3. The monoisotopic (exact) mass is 459 g/mol. The van der Waals surface area contributed by atoms with Crippen molar-refractivity contribution in [1.82, 2.24) is 14.5 Å². The molecule has 3 aromatic rings. The summed E-state index contributed by atoms with van der Waals surface area (Å²) in [6, 6.07) is 12.5. The van der Waals surface area contributed by atoms with E-state index >= 15 is 0 Å². The number of unbranched alkanes of at least 4 members (excludes halogenated alkanes) is 2. The molecule has 2 aromatic carbocycles. The molecule has 4 nitrogen and oxygen atoms in total. The van der Waals surface area contributed by atoms with Crippen LogP contribution in [0.2, 0.25) is 0 Å². The van der Waals surface area contributed by atoms with Crippen molar-refractivity contribution in [1.29, 1.82) is 0 Å². The summed E-state index contributed by atoms with van der Waals surface area (Å²) in [6.07, 6.45) is 4.06. The fourth-order valence-corrected chi connectivity index (χ4v) is 3.89. The third kappa shape index (κ3) is 5.04. The fraction of sp³-hybridized carbons (Fsp3) is 0.391. The Labute approximate surface area is 179 Å². The van der Waals surface area contributed by atoms with Crippen LogP contribution in [0.4, 0.5) is 4.39 Å². The molecule has 0 bridgehead atoms. The molecule has 1 amide bonds. The number of carbonyl (C=O) groups excluding carboxylic acids is 1. The molecule has 0 aliphatic heterocycles. The number of rotatable bonds is 9. The molecule has 0 spiro atoms. The van der Waals surface area contributed by atoms with Gasteiger partial charge in [0.15, 0.2) is 0 Å². The largest absolute Gasteiger partial charge is 0.331 e. The van der Waals surface area contributed by atoms with E-state index in [1.54, 1.807) is 12.1 Å². The second-order valence-electron chi connectivity index (χ2n) is 7.23. The summed E-state index contributed by atoms with van der Waals surface area (Å²) >= 11 is 3.19. The molecular weight excluding hydrogens is 433 g/mol. The molecule has 154 valence electrons. The van der Waals surface area contributed by atoms with Gasteiger partial charge in [0.05, 0.1) is 22.1 Å². The molecular formula is C23H27BrFN3O. The first-order valence-electron chi connectivity index (χ1n) is 10.2. The number of para-hydroxylation sites is 2. The Bertz CT molecular complexity index is 985. The van der Waals surface area contributed by atoms with E-state index in [1.165, 1.54) is 6.07 Å². The molecule has 3 rings (SSSR count). The molecule has 0 unspecified atom stereocenters. The number of hydrogen-bond donors (Lipinski definition) is 0. The molecule has 0 saturated heterocycles. The Morgan fingerprint density at radius 2 is 1.93 bits per heavy atom. The first kappa shape index (κ1) is 21.5. The summed E-state index contributed by atoms with van der Waals surface area (Å²) < 4.78 is 16.1. The number of halogens is 2. The summed E-state index contributed by atoms with van der Waals surface area (Å²) in [5, 5.41) is 0. The highest BCUT2D eigenvalue weighted by Gasteiger charge is 2.20. The number of imidazole rings is 1. The van der Waals surface area contributed by atoms with Gasteiger partial charge >= 0.3 is 0 Å². The summed E-state index contributed by atoms with van der Waals surface area (Å²) in [5.74, 6) is 0.416. The Hall–Kier alpha value is -2.21. The summed E-state index contributed by atoms with van der Waals surface area (Å²) in [4.78, 5) is 19.9. The van der Waals surface area contributed by atoms with Gasteiger partial charge < -0.3 is 9.47 Å². The number of hydrogen-bond acceptors (Lipinski definition) is 2. The zero-order valence-electron chi connectivity index (χ0n) is 17.0. The van der Waals surface area contributed by atoms with Crippen LogP contribution in [-0.2, 0) is 13.1 Å². The van der Waals surface area contributed by atoms with Crippen LogP contribution < -0.4 is 0 Å². The third-order valence-corrected chi connectivity index (χ3v) is 5.61. The maximum absolute atomic E-state index is 13.6. The van der Waals surface area contributed by atoms with Crippen LogP contribution in [0.25, 0.3) is 11.0 Å². The van der Waals surface area contributed by atoms with Crippen LogP contribution in [-0.4, -0.2) is 26.9 Å². The average molecular weight is 460 g/mol. The number of fused-ring (bicyclic) bond motifs is 1. The smallest absolute Gasteiger partial charge is 0.254 e. The lowest BCUT2D eigenvalue weighted by Gasteiger charge is -2.23. The van der Waals surface area contributed by atoms with Crippen LogP contribution in [0.1, 0.15) is 55.7 Å². The van der Waals surface area contributed by atoms with Gasteiger partial charge in [-0.1, -0.05) is 38.8 Å².